The van der Waals surface area contributed by atoms with Crippen molar-refractivity contribution in [3.8, 4) is 0 Å². The Morgan fingerprint density at radius 3 is 2.44 bits per heavy atom. The number of carbonyl (C=O) groups is 1. The van der Waals surface area contributed by atoms with Gasteiger partial charge in [-0.3, -0.25) is 0 Å². The van der Waals surface area contributed by atoms with E-state index in [0.29, 0.717) is 5.92 Å². The van der Waals surface area contributed by atoms with E-state index in [-0.39, 0.29) is 6.04 Å². The van der Waals surface area contributed by atoms with Gasteiger partial charge >= 0.3 is 12.3 Å². The summed E-state index contributed by atoms with van der Waals surface area (Å²) in [6, 6.07) is -0.138. The first-order valence-corrected chi connectivity index (χ1v) is 5.33. The van der Waals surface area contributed by atoms with Crippen LogP contribution in [0, 0.1) is 5.92 Å². The van der Waals surface area contributed by atoms with Gasteiger partial charge in [-0.25, -0.2) is 4.79 Å². The lowest BCUT2D eigenvalue weighted by Crippen LogP contribution is -2.39. The predicted molar refractivity (Wildman–Crippen MR) is 51.9 cm³/mol. The van der Waals surface area contributed by atoms with Crippen molar-refractivity contribution in [2.45, 2.75) is 51.4 Å². The summed E-state index contributed by atoms with van der Waals surface area (Å²) in [5.41, 5.74) is 0. The Morgan fingerprint density at radius 2 is 2.00 bits per heavy atom. The van der Waals surface area contributed by atoms with E-state index < -0.39 is 18.4 Å². The molecule has 16 heavy (non-hydrogen) atoms. The van der Waals surface area contributed by atoms with Gasteiger partial charge in [0, 0.05) is 6.04 Å². The van der Waals surface area contributed by atoms with E-state index in [9.17, 15) is 18.0 Å². The fraction of sp³-hybridized carbons (Fsp3) is 0.900. The first kappa shape index (κ1) is 13.1. The van der Waals surface area contributed by atoms with Crippen LogP contribution in [0.5, 0.6) is 0 Å². The van der Waals surface area contributed by atoms with Crippen LogP contribution in [0.25, 0.3) is 0 Å². The van der Waals surface area contributed by atoms with E-state index in [1.165, 1.54) is 0 Å². The molecule has 1 rings (SSSR count). The molecule has 0 bridgehead atoms. The molecule has 1 aliphatic carbocycles. The standard InChI is InChI=1S/C10H16F3NO2/c1-6(5-8-3-4-8)14-9(15)16-7(2)10(11,12)13/h6-8H,3-5H2,1-2H3,(H,14,15). The summed E-state index contributed by atoms with van der Waals surface area (Å²) >= 11 is 0. The minimum absolute atomic E-state index is 0.138. The molecular weight excluding hydrogens is 223 g/mol. The fourth-order valence-electron chi connectivity index (χ4n) is 1.38. The van der Waals surface area contributed by atoms with Gasteiger partial charge in [0.05, 0.1) is 0 Å². The SMILES string of the molecule is CC(CC1CC1)NC(=O)OC(C)C(F)(F)F. The molecular formula is C10H16F3NO2. The Bertz CT molecular complexity index is 251. The van der Waals surface area contributed by atoms with Crippen LogP contribution in [-0.4, -0.2) is 24.4 Å². The number of amides is 1. The Kier molecular flexibility index (Phi) is 4.04. The van der Waals surface area contributed by atoms with Crippen molar-refractivity contribution >= 4 is 6.09 Å². The largest absolute Gasteiger partial charge is 0.437 e. The average molecular weight is 239 g/mol. The zero-order valence-corrected chi connectivity index (χ0v) is 9.30. The summed E-state index contributed by atoms with van der Waals surface area (Å²) in [5, 5.41) is 2.39. The van der Waals surface area contributed by atoms with Gasteiger partial charge in [0.2, 0.25) is 0 Å². The number of rotatable bonds is 4. The van der Waals surface area contributed by atoms with Crippen LogP contribution in [0.4, 0.5) is 18.0 Å². The molecule has 1 saturated carbocycles. The van der Waals surface area contributed by atoms with Gasteiger partial charge in [-0.15, -0.1) is 0 Å². The number of alkyl halides is 3. The van der Waals surface area contributed by atoms with Crippen molar-refractivity contribution in [3.05, 3.63) is 0 Å². The molecule has 1 amide bonds. The molecule has 2 unspecified atom stereocenters. The normalized spacial score (nSPS) is 20.1. The maximum Gasteiger partial charge on any atom is 0.425 e. The smallest absolute Gasteiger partial charge is 0.425 e. The van der Waals surface area contributed by atoms with Gasteiger partial charge in [-0.05, 0) is 26.2 Å². The number of alkyl carbamates (subject to hydrolysis) is 1. The minimum Gasteiger partial charge on any atom is -0.437 e. The zero-order valence-electron chi connectivity index (χ0n) is 9.30. The highest BCUT2D eigenvalue weighted by Crippen LogP contribution is 2.33. The lowest BCUT2D eigenvalue weighted by atomic mass is 10.2. The van der Waals surface area contributed by atoms with E-state index in [4.69, 9.17) is 0 Å². The van der Waals surface area contributed by atoms with Gasteiger partial charge in [-0.1, -0.05) is 12.8 Å². The molecule has 1 N–H and O–H groups in total. The van der Waals surface area contributed by atoms with Gasteiger partial charge in [0.1, 0.15) is 0 Å². The maximum absolute atomic E-state index is 12.1. The molecule has 0 aromatic heterocycles. The molecule has 3 nitrogen and oxygen atoms in total. The quantitative estimate of drug-likeness (QED) is 0.819. The second-order valence-corrected chi connectivity index (χ2v) is 4.31. The second kappa shape index (κ2) is 4.93. The lowest BCUT2D eigenvalue weighted by Gasteiger charge is -2.19. The maximum atomic E-state index is 12.1. The first-order valence-electron chi connectivity index (χ1n) is 5.33. The van der Waals surface area contributed by atoms with E-state index in [1.54, 1.807) is 6.92 Å². The van der Waals surface area contributed by atoms with Crippen LogP contribution >= 0.6 is 0 Å². The molecule has 0 saturated heterocycles. The van der Waals surface area contributed by atoms with Crippen LogP contribution in [0.2, 0.25) is 0 Å². The number of ether oxygens (including phenoxy) is 1. The molecule has 6 heteroatoms. The highest BCUT2D eigenvalue weighted by atomic mass is 19.4. The lowest BCUT2D eigenvalue weighted by molar-refractivity contribution is -0.197. The number of hydrogen-bond donors (Lipinski definition) is 1. The molecule has 1 fully saturated rings. The summed E-state index contributed by atoms with van der Waals surface area (Å²) in [5.74, 6) is 0.607. The summed E-state index contributed by atoms with van der Waals surface area (Å²) in [7, 11) is 0. The molecule has 94 valence electrons. The topological polar surface area (TPSA) is 38.3 Å². The zero-order chi connectivity index (χ0) is 12.3. The molecule has 0 aromatic rings. The van der Waals surface area contributed by atoms with Crippen LogP contribution in [0.15, 0.2) is 0 Å². The summed E-state index contributed by atoms with van der Waals surface area (Å²) in [6.07, 6.45) is -4.49. The highest BCUT2D eigenvalue weighted by Gasteiger charge is 2.39. The van der Waals surface area contributed by atoms with Crippen LogP contribution in [-0.2, 0) is 4.74 Å². The number of nitrogens with one attached hydrogen (secondary N) is 1. The van der Waals surface area contributed by atoms with E-state index in [1.807, 2.05) is 0 Å². The molecule has 0 heterocycles. The summed E-state index contributed by atoms with van der Waals surface area (Å²) in [6.45, 7) is 2.57. The molecule has 0 aromatic carbocycles. The van der Waals surface area contributed by atoms with Crippen LogP contribution in [0.1, 0.15) is 33.1 Å². The van der Waals surface area contributed by atoms with Crippen molar-refractivity contribution in [1.29, 1.82) is 0 Å². The number of hydrogen-bond acceptors (Lipinski definition) is 2. The van der Waals surface area contributed by atoms with Crippen LogP contribution < -0.4 is 5.32 Å². The van der Waals surface area contributed by atoms with E-state index >= 15 is 0 Å². The monoisotopic (exact) mass is 239 g/mol. The van der Waals surface area contributed by atoms with Gasteiger partial charge in [0.25, 0.3) is 0 Å². The Balaban J connectivity index is 2.23. The van der Waals surface area contributed by atoms with Crippen molar-refractivity contribution in [1.82, 2.24) is 5.32 Å². The number of halogens is 3. The average Bonchev–Trinajstić information content (AvgIpc) is 2.85. The number of carbonyl (C=O) groups excluding carboxylic acids is 1. The van der Waals surface area contributed by atoms with Crippen molar-refractivity contribution in [2.75, 3.05) is 0 Å². The third-order valence-electron chi connectivity index (χ3n) is 2.49. The minimum atomic E-state index is -4.50. The van der Waals surface area contributed by atoms with Crippen LogP contribution in [0.3, 0.4) is 0 Å². The summed E-state index contributed by atoms with van der Waals surface area (Å²) < 4.78 is 40.4. The third kappa shape index (κ3) is 4.72. The molecule has 2 atom stereocenters. The molecule has 0 radical (unpaired) electrons. The predicted octanol–water partition coefficient (Wildman–Crippen LogP) is 2.85. The molecule has 0 aliphatic heterocycles. The second-order valence-electron chi connectivity index (χ2n) is 4.31. The Hall–Kier alpha value is -0.940. The van der Waals surface area contributed by atoms with E-state index in [2.05, 4.69) is 10.1 Å². The Morgan fingerprint density at radius 1 is 1.44 bits per heavy atom. The van der Waals surface area contributed by atoms with Gasteiger partial charge in [0.15, 0.2) is 6.10 Å². The third-order valence-corrected chi connectivity index (χ3v) is 2.49. The van der Waals surface area contributed by atoms with E-state index in [0.717, 1.165) is 26.2 Å². The van der Waals surface area contributed by atoms with Crippen molar-refractivity contribution in [3.63, 3.8) is 0 Å². The summed E-state index contributed by atoms with van der Waals surface area (Å²) in [4.78, 5) is 11.1. The van der Waals surface area contributed by atoms with Gasteiger partial charge < -0.3 is 10.1 Å². The Labute approximate surface area is 92.3 Å². The highest BCUT2D eigenvalue weighted by molar-refractivity contribution is 5.67. The van der Waals surface area contributed by atoms with Crippen molar-refractivity contribution in [2.24, 2.45) is 5.92 Å². The van der Waals surface area contributed by atoms with Gasteiger partial charge in [-0.2, -0.15) is 13.2 Å². The molecule has 1 aliphatic rings. The fourth-order valence-corrected chi connectivity index (χ4v) is 1.38. The van der Waals surface area contributed by atoms with Crippen molar-refractivity contribution < 1.29 is 22.7 Å². The molecule has 0 spiro atoms. The first-order chi connectivity index (χ1) is 7.29.